The molecule has 1 nitrogen and oxygen atoms in total. The first-order valence-corrected chi connectivity index (χ1v) is 3.48. The van der Waals surface area contributed by atoms with Gasteiger partial charge in [-0.1, -0.05) is 11.5 Å². The fraction of sp³-hybridized carbons (Fsp3) is 0.556. The standard InChI is InChI=1S/C9H14O/c1-9(2)7-5-3-4-6-8-10/h10H,1,3,5,7-8H2,2H3. The number of allylic oxidation sites excluding steroid dienone is 1. The van der Waals surface area contributed by atoms with Crippen molar-refractivity contribution < 1.29 is 5.11 Å². The SMILES string of the molecule is C=C(C)CCCC#CCO. The monoisotopic (exact) mass is 138 g/mol. The van der Waals surface area contributed by atoms with Crippen LogP contribution in [0.5, 0.6) is 0 Å². The van der Waals surface area contributed by atoms with Gasteiger partial charge < -0.3 is 5.11 Å². The second-order valence-corrected chi connectivity index (χ2v) is 2.32. The lowest BCUT2D eigenvalue weighted by atomic mass is 10.1. The number of hydrogen-bond acceptors (Lipinski definition) is 1. The lowest BCUT2D eigenvalue weighted by molar-refractivity contribution is 0.350. The summed E-state index contributed by atoms with van der Waals surface area (Å²) in [6.07, 6.45) is 2.97. The summed E-state index contributed by atoms with van der Waals surface area (Å²) in [5, 5.41) is 8.28. The zero-order valence-corrected chi connectivity index (χ0v) is 6.48. The number of aliphatic hydroxyl groups excluding tert-OH is 1. The molecule has 0 aromatic carbocycles. The van der Waals surface area contributed by atoms with Crippen LogP contribution >= 0.6 is 0 Å². The van der Waals surface area contributed by atoms with Gasteiger partial charge in [0.2, 0.25) is 0 Å². The minimum absolute atomic E-state index is 0.0208. The molecule has 0 spiro atoms. The third-order valence-electron chi connectivity index (χ3n) is 1.11. The Balaban J connectivity index is 3.13. The van der Waals surface area contributed by atoms with E-state index in [1.54, 1.807) is 0 Å². The number of unbranched alkanes of at least 4 members (excludes halogenated alkanes) is 1. The molecule has 0 heterocycles. The third-order valence-corrected chi connectivity index (χ3v) is 1.11. The highest BCUT2D eigenvalue weighted by Crippen LogP contribution is 2.01. The summed E-state index contributed by atoms with van der Waals surface area (Å²) in [5.41, 5.74) is 1.20. The molecule has 10 heavy (non-hydrogen) atoms. The smallest absolute Gasteiger partial charge is 0.104 e. The molecule has 0 atom stereocenters. The van der Waals surface area contributed by atoms with Crippen molar-refractivity contribution in [3.63, 3.8) is 0 Å². The van der Waals surface area contributed by atoms with E-state index in [9.17, 15) is 0 Å². The normalized spacial score (nSPS) is 8.20. The fourth-order valence-corrected chi connectivity index (χ4v) is 0.623. The van der Waals surface area contributed by atoms with Crippen LogP contribution < -0.4 is 0 Å². The third kappa shape index (κ3) is 7.26. The number of aliphatic hydroxyl groups is 1. The molecule has 1 heteroatoms. The highest BCUT2D eigenvalue weighted by atomic mass is 16.2. The number of rotatable bonds is 3. The van der Waals surface area contributed by atoms with E-state index < -0.39 is 0 Å². The maximum Gasteiger partial charge on any atom is 0.104 e. The largest absolute Gasteiger partial charge is 0.384 e. The average molecular weight is 138 g/mol. The van der Waals surface area contributed by atoms with Gasteiger partial charge in [-0.3, -0.25) is 0 Å². The van der Waals surface area contributed by atoms with Gasteiger partial charge in [0.1, 0.15) is 6.61 Å². The molecule has 0 aromatic rings. The van der Waals surface area contributed by atoms with Crippen molar-refractivity contribution in [1.29, 1.82) is 0 Å². The van der Waals surface area contributed by atoms with Crippen LogP contribution in [0, 0.1) is 11.8 Å². The van der Waals surface area contributed by atoms with Crippen LogP contribution in [0.25, 0.3) is 0 Å². The molecule has 0 aromatic heterocycles. The van der Waals surface area contributed by atoms with Gasteiger partial charge in [0, 0.05) is 6.42 Å². The van der Waals surface area contributed by atoms with Crippen molar-refractivity contribution in [3.8, 4) is 11.8 Å². The van der Waals surface area contributed by atoms with E-state index in [1.165, 1.54) is 5.57 Å². The van der Waals surface area contributed by atoms with Crippen LogP contribution in [0.15, 0.2) is 12.2 Å². The predicted octanol–water partition coefficient (Wildman–Crippen LogP) is 1.73. The molecule has 56 valence electrons. The van der Waals surface area contributed by atoms with Gasteiger partial charge in [-0.15, -0.1) is 12.5 Å². The summed E-state index contributed by atoms with van der Waals surface area (Å²) in [6.45, 7) is 5.77. The molecule has 0 bridgehead atoms. The van der Waals surface area contributed by atoms with E-state index in [-0.39, 0.29) is 6.61 Å². The summed E-state index contributed by atoms with van der Waals surface area (Å²) in [7, 11) is 0. The molecule has 0 saturated heterocycles. The van der Waals surface area contributed by atoms with E-state index in [2.05, 4.69) is 18.4 Å². The molecule has 0 aliphatic heterocycles. The lowest BCUT2D eigenvalue weighted by Gasteiger charge is -1.92. The maximum atomic E-state index is 8.28. The fourth-order valence-electron chi connectivity index (χ4n) is 0.623. The first kappa shape index (κ1) is 9.26. The first-order valence-electron chi connectivity index (χ1n) is 3.48. The quantitative estimate of drug-likeness (QED) is 0.358. The molecule has 0 rings (SSSR count). The molecule has 0 amide bonds. The molecule has 0 unspecified atom stereocenters. The summed E-state index contributed by atoms with van der Waals surface area (Å²) in [6, 6.07) is 0. The summed E-state index contributed by atoms with van der Waals surface area (Å²) in [4.78, 5) is 0. The summed E-state index contributed by atoms with van der Waals surface area (Å²) >= 11 is 0. The van der Waals surface area contributed by atoms with E-state index in [0.29, 0.717) is 0 Å². The topological polar surface area (TPSA) is 20.2 Å². The molecule has 0 aliphatic rings. The van der Waals surface area contributed by atoms with Crippen LogP contribution in [0.4, 0.5) is 0 Å². The Bertz CT molecular complexity index is 148. The zero-order valence-electron chi connectivity index (χ0n) is 6.48. The van der Waals surface area contributed by atoms with Crippen LogP contribution in [-0.4, -0.2) is 11.7 Å². The molecular weight excluding hydrogens is 124 g/mol. The number of hydrogen-bond donors (Lipinski definition) is 1. The molecule has 0 fully saturated rings. The van der Waals surface area contributed by atoms with Crippen molar-refractivity contribution in [1.82, 2.24) is 0 Å². The lowest BCUT2D eigenvalue weighted by Crippen LogP contribution is -1.76. The van der Waals surface area contributed by atoms with Crippen molar-refractivity contribution in [2.24, 2.45) is 0 Å². The highest BCUT2D eigenvalue weighted by molar-refractivity contribution is 4.99. The Kier molecular flexibility index (Phi) is 5.91. The minimum atomic E-state index is -0.0208. The van der Waals surface area contributed by atoms with Crippen LogP contribution in [0.3, 0.4) is 0 Å². The Morgan fingerprint density at radius 2 is 2.20 bits per heavy atom. The van der Waals surface area contributed by atoms with Gasteiger partial charge in [0.25, 0.3) is 0 Å². The van der Waals surface area contributed by atoms with Crippen LogP contribution in [-0.2, 0) is 0 Å². The van der Waals surface area contributed by atoms with Gasteiger partial charge >= 0.3 is 0 Å². The van der Waals surface area contributed by atoms with Crippen molar-refractivity contribution in [2.45, 2.75) is 26.2 Å². The first-order chi connectivity index (χ1) is 4.77. The van der Waals surface area contributed by atoms with E-state index in [1.807, 2.05) is 6.92 Å². The van der Waals surface area contributed by atoms with Crippen molar-refractivity contribution in [3.05, 3.63) is 12.2 Å². The van der Waals surface area contributed by atoms with E-state index >= 15 is 0 Å². The van der Waals surface area contributed by atoms with Crippen LogP contribution in [0.1, 0.15) is 26.2 Å². The second kappa shape index (κ2) is 6.38. The average Bonchev–Trinajstić information content (AvgIpc) is 1.87. The predicted molar refractivity (Wildman–Crippen MR) is 43.5 cm³/mol. The second-order valence-electron chi connectivity index (χ2n) is 2.32. The minimum Gasteiger partial charge on any atom is -0.384 e. The van der Waals surface area contributed by atoms with E-state index in [0.717, 1.165) is 19.3 Å². The summed E-state index contributed by atoms with van der Waals surface area (Å²) in [5.74, 6) is 5.45. The Morgan fingerprint density at radius 1 is 1.50 bits per heavy atom. The van der Waals surface area contributed by atoms with Gasteiger partial charge in [0.05, 0.1) is 0 Å². The summed E-state index contributed by atoms with van der Waals surface area (Å²) < 4.78 is 0. The van der Waals surface area contributed by atoms with Crippen molar-refractivity contribution in [2.75, 3.05) is 6.61 Å². The zero-order chi connectivity index (χ0) is 7.82. The molecule has 0 aliphatic carbocycles. The molecule has 0 saturated carbocycles. The Morgan fingerprint density at radius 3 is 2.70 bits per heavy atom. The molecule has 1 N–H and O–H groups in total. The van der Waals surface area contributed by atoms with Gasteiger partial charge in [-0.2, -0.15) is 0 Å². The maximum absolute atomic E-state index is 8.28. The Labute approximate surface area is 62.8 Å². The van der Waals surface area contributed by atoms with Gasteiger partial charge in [-0.05, 0) is 19.8 Å². The molecule has 0 radical (unpaired) electrons. The highest BCUT2D eigenvalue weighted by Gasteiger charge is 1.83. The van der Waals surface area contributed by atoms with Crippen molar-refractivity contribution >= 4 is 0 Å². The van der Waals surface area contributed by atoms with Gasteiger partial charge in [-0.25, -0.2) is 0 Å². The van der Waals surface area contributed by atoms with Gasteiger partial charge in [0.15, 0.2) is 0 Å². The Hall–Kier alpha value is -0.740. The van der Waals surface area contributed by atoms with E-state index in [4.69, 9.17) is 5.11 Å². The molecular formula is C9H14O. The van der Waals surface area contributed by atoms with Crippen LogP contribution in [0.2, 0.25) is 0 Å².